The number of benzene rings is 3. The summed E-state index contributed by atoms with van der Waals surface area (Å²) >= 11 is 1.72. The summed E-state index contributed by atoms with van der Waals surface area (Å²) < 4.78 is 2.69. The van der Waals surface area contributed by atoms with E-state index in [9.17, 15) is 29.1 Å². The van der Waals surface area contributed by atoms with Gasteiger partial charge in [-0.25, -0.2) is 4.98 Å². The number of imide groups is 2. The number of fused-ring (bicyclic) bond motifs is 3. The molecule has 1 spiro atoms. The van der Waals surface area contributed by atoms with Crippen molar-refractivity contribution in [2.45, 2.75) is 89.2 Å². The molecule has 4 amide bonds. The molecule has 4 fully saturated rings. The van der Waals surface area contributed by atoms with E-state index >= 15 is 0 Å². The first kappa shape index (κ1) is 38.9. The van der Waals surface area contributed by atoms with Crippen LogP contribution in [0.1, 0.15) is 109 Å². The molecule has 3 N–H and O–H groups in total. The van der Waals surface area contributed by atoms with E-state index in [1.54, 1.807) is 41.9 Å². The molecule has 2 aromatic heterocycles. The average Bonchev–Trinajstić information content (AvgIpc) is 3.73. The molecule has 5 heterocycles. The second-order valence-corrected chi connectivity index (χ2v) is 19.6. The van der Waals surface area contributed by atoms with E-state index in [4.69, 9.17) is 4.98 Å². The van der Waals surface area contributed by atoms with Crippen molar-refractivity contribution < 1.29 is 24.3 Å². The summed E-state index contributed by atoms with van der Waals surface area (Å²) in [5.41, 5.74) is 2.65. The van der Waals surface area contributed by atoms with Crippen molar-refractivity contribution >= 4 is 61.6 Å². The third-order valence-corrected chi connectivity index (χ3v) is 15.0. The number of amides is 4. The number of aliphatic hydroxyl groups is 1. The summed E-state index contributed by atoms with van der Waals surface area (Å²) in [7, 11) is 0. The molecule has 5 aromatic rings. The summed E-state index contributed by atoms with van der Waals surface area (Å²) in [6.45, 7) is 7.71. The van der Waals surface area contributed by atoms with Gasteiger partial charge in [0.15, 0.2) is 0 Å². The van der Waals surface area contributed by atoms with Gasteiger partial charge in [0.1, 0.15) is 6.04 Å². The Bertz CT molecular complexity index is 2640. The van der Waals surface area contributed by atoms with E-state index < -0.39 is 29.4 Å². The number of anilines is 1. The molecule has 2 saturated heterocycles. The molecule has 5 aliphatic rings. The van der Waals surface area contributed by atoms with Crippen LogP contribution in [0.4, 0.5) is 5.69 Å². The van der Waals surface area contributed by atoms with Crippen LogP contribution in [0.5, 0.6) is 0 Å². The van der Waals surface area contributed by atoms with Crippen molar-refractivity contribution in [2.75, 3.05) is 31.5 Å². The second kappa shape index (κ2) is 14.7. The van der Waals surface area contributed by atoms with Crippen LogP contribution in [-0.2, 0) is 15.2 Å². The van der Waals surface area contributed by atoms with Gasteiger partial charge in [-0.3, -0.25) is 38.8 Å². The first-order valence-electron chi connectivity index (χ1n) is 21.4. The van der Waals surface area contributed by atoms with Crippen molar-refractivity contribution in [1.29, 1.82) is 0 Å². The molecule has 0 radical (unpaired) electrons. The average molecular weight is 827 g/mol. The number of carbonyl (C=O) groups is 4. The minimum Gasteiger partial charge on any atom is -0.386 e. The number of nitrogens with one attached hydrogen (secondary N) is 2. The molecule has 13 heteroatoms. The number of piperidine rings is 1. The maximum absolute atomic E-state index is 13.6. The van der Waals surface area contributed by atoms with Gasteiger partial charge in [0.25, 0.3) is 17.4 Å². The van der Waals surface area contributed by atoms with Crippen LogP contribution in [0.3, 0.4) is 0 Å². The highest BCUT2D eigenvalue weighted by Crippen LogP contribution is 2.53. The molecule has 60 heavy (non-hydrogen) atoms. The van der Waals surface area contributed by atoms with Gasteiger partial charge < -0.3 is 15.3 Å². The van der Waals surface area contributed by atoms with Gasteiger partial charge in [-0.15, -0.1) is 11.3 Å². The smallest absolute Gasteiger partial charge is 0.264 e. The van der Waals surface area contributed by atoms with Gasteiger partial charge in [-0.1, -0.05) is 24.3 Å². The van der Waals surface area contributed by atoms with Crippen LogP contribution in [0.15, 0.2) is 71.7 Å². The lowest BCUT2D eigenvalue weighted by molar-refractivity contribution is -0.136. The third kappa shape index (κ3) is 6.84. The van der Waals surface area contributed by atoms with E-state index in [1.807, 2.05) is 54.7 Å². The van der Waals surface area contributed by atoms with Crippen molar-refractivity contribution in [3.63, 3.8) is 0 Å². The molecule has 2 aliphatic carbocycles. The predicted molar refractivity (Wildman–Crippen MR) is 230 cm³/mol. The summed E-state index contributed by atoms with van der Waals surface area (Å²) in [6.07, 6.45) is 10.1. The Hall–Kier alpha value is -5.24. The van der Waals surface area contributed by atoms with Crippen LogP contribution >= 0.6 is 11.3 Å². The minimum absolute atomic E-state index is 0.0954. The molecule has 1 atom stereocenters. The number of thiazole rings is 1. The number of rotatable bonds is 10. The number of hydrogen-bond donors (Lipinski definition) is 3. The van der Waals surface area contributed by atoms with Crippen LogP contribution < -0.4 is 16.2 Å². The van der Waals surface area contributed by atoms with Gasteiger partial charge in [0, 0.05) is 61.4 Å². The maximum atomic E-state index is 13.6. The summed E-state index contributed by atoms with van der Waals surface area (Å²) in [5.74, 6) is -0.226. The number of hydrogen-bond acceptors (Lipinski definition) is 10. The fourth-order valence-corrected chi connectivity index (χ4v) is 12.1. The molecule has 12 nitrogen and oxygen atoms in total. The lowest BCUT2D eigenvalue weighted by Crippen LogP contribution is -2.63. The zero-order valence-electron chi connectivity index (χ0n) is 34.0. The van der Waals surface area contributed by atoms with Gasteiger partial charge in [-0.2, -0.15) is 0 Å². The highest BCUT2D eigenvalue weighted by atomic mass is 32.1. The van der Waals surface area contributed by atoms with E-state index in [0.29, 0.717) is 63.2 Å². The Morgan fingerprint density at radius 1 is 0.917 bits per heavy atom. The molecule has 1 unspecified atom stereocenters. The Morgan fingerprint density at radius 2 is 1.70 bits per heavy atom. The van der Waals surface area contributed by atoms with Crippen molar-refractivity contribution in [2.24, 2.45) is 17.3 Å². The SMILES string of the molecule is CC(C)(O)c1cc2nc([C@H]3CC[C@H](CN4CC5(CC(CCNc6cccc7c6C(=O)N(C6CCC(=O)NC6=O)C7=O)C5)C4)CC3)sc2cc1-n1ccc2ccccc2c1=O. The molecular formula is C47H50N6O6S. The van der Waals surface area contributed by atoms with Gasteiger partial charge in [-0.05, 0) is 124 Å². The quantitative estimate of drug-likeness (QED) is 0.130. The minimum atomic E-state index is -1.16. The number of carbonyl (C=O) groups excluding carboxylic acids is 4. The Kier molecular flexibility index (Phi) is 9.56. The lowest BCUT2D eigenvalue weighted by atomic mass is 9.57. The molecule has 0 bridgehead atoms. The first-order chi connectivity index (χ1) is 28.8. The van der Waals surface area contributed by atoms with E-state index in [1.165, 1.54) is 38.8 Å². The van der Waals surface area contributed by atoms with E-state index in [0.717, 1.165) is 51.3 Å². The highest BCUT2D eigenvalue weighted by Gasteiger charge is 2.52. The van der Waals surface area contributed by atoms with Crippen LogP contribution in [-0.4, -0.2) is 80.3 Å². The molecule has 2 saturated carbocycles. The van der Waals surface area contributed by atoms with Gasteiger partial charge in [0.05, 0.1) is 37.6 Å². The molecular weight excluding hydrogens is 777 g/mol. The van der Waals surface area contributed by atoms with Gasteiger partial charge >= 0.3 is 0 Å². The first-order valence-corrected chi connectivity index (χ1v) is 22.2. The Morgan fingerprint density at radius 3 is 2.47 bits per heavy atom. The molecule has 3 aliphatic heterocycles. The van der Waals surface area contributed by atoms with Crippen molar-refractivity contribution in [1.82, 2.24) is 24.7 Å². The third-order valence-electron chi connectivity index (χ3n) is 13.9. The van der Waals surface area contributed by atoms with E-state index in [2.05, 4.69) is 15.5 Å². The second-order valence-electron chi connectivity index (χ2n) is 18.6. The summed E-state index contributed by atoms with van der Waals surface area (Å²) in [5, 5.41) is 19.6. The number of likely N-dealkylation sites (tertiary alicyclic amines) is 1. The Balaban J connectivity index is 0.703. The maximum Gasteiger partial charge on any atom is 0.264 e. The molecule has 3 aromatic carbocycles. The zero-order valence-corrected chi connectivity index (χ0v) is 34.9. The fraction of sp³-hybridized carbons (Fsp3) is 0.447. The number of aromatic nitrogens is 2. The number of pyridine rings is 1. The highest BCUT2D eigenvalue weighted by molar-refractivity contribution is 7.18. The topological polar surface area (TPSA) is 154 Å². The van der Waals surface area contributed by atoms with Crippen molar-refractivity contribution in [3.8, 4) is 5.69 Å². The van der Waals surface area contributed by atoms with Crippen LogP contribution in [0.25, 0.3) is 26.7 Å². The summed E-state index contributed by atoms with van der Waals surface area (Å²) in [6, 6.07) is 17.8. The van der Waals surface area contributed by atoms with Crippen LogP contribution in [0, 0.1) is 17.3 Å². The van der Waals surface area contributed by atoms with E-state index in [-0.39, 0.29) is 24.3 Å². The standard InChI is InChI=1S/C47H50N6O6S/c1-46(2,59)33-20-35-38(21-37(33)52-19-17-29-6-3-4-7-31(29)43(52)56)60-42(49-35)30-12-10-27(11-13-30)24-51-25-47(26-51)22-28(23-47)16-18-48-34-9-5-8-32-40(34)45(58)53(44(32)57)36-14-15-39(54)50-41(36)55/h3-9,17,19-21,27-28,30,36,48,59H,10-16,18,22-26H2,1-2H3,(H,50,54,55)/t27-,30-,36?. The fourth-order valence-electron chi connectivity index (χ4n) is 10.9. The summed E-state index contributed by atoms with van der Waals surface area (Å²) in [4.78, 5) is 73.2. The van der Waals surface area contributed by atoms with Gasteiger partial charge in [0.2, 0.25) is 11.8 Å². The predicted octanol–water partition coefficient (Wildman–Crippen LogP) is 6.72. The largest absolute Gasteiger partial charge is 0.386 e. The number of nitrogens with zero attached hydrogens (tertiary/aromatic N) is 4. The van der Waals surface area contributed by atoms with Crippen LogP contribution in [0.2, 0.25) is 0 Å². The molecule has 310 valence electrons. The monoisotopic (exact) mass is 826 g/mol. The molecule has 10 rings (SSSR count). The lowest BCUT2D eigenvalue weighted by Gasteiger charge is -2.60. The normalized spacial score (nSPS) is 23.2. The Labute approximate surface area is 352 Å². The van der Waals surface area contributed by atoms with Crippen molar-refractivity contribution in [3.05, 3.63) is 98.9 Å². The zero-order chi connectivity index (χ0) is 41.5.